The van der Waals surface area contributed by atoms with Crippen molar-refractivity contribution in [1.29, 1.82) is 0 Å². The summed E-state index contributed by atoms with van der Waals surface area (Å²) in [6, 6.07) is 8.71. The number of carbonyl (C=O) groups is 1. The Kier molecular flexibility index (Phi) is 8.35. The maximum atomic E-state index is 12.5. The van der Waals surface area contributed by atoms with Gasteiger partial charge >= 0.3 is 12.6 Å². The van der Waals surface area contributed by atoms with Gasteiger partial charge in [0.1, 0.15) is 9.96 Å². The second kappa shape index (κ2) is 10.5. The van der Waals surface area contributed by atoms with Gasteiger partial charge in [0, 0.05) is 24.5 Å². The molecule has 2 amide bonds. The molecule has 2 N–H and O–H groups in total. The van der Waals surface area contributed by atoms with Crippen LogP contribution in [0.15, 0.2) is 40.6 Å². The van der Waals surface area contributed by atoms with Crippen molar-refractivity contribution in [2.24, 2.45) is 0 Å². The van der Waals surface area contributed by atoms with E-state index in [1.165, 1.54) is 22.5 Å². The molecule has 1 aromatic carbocycles. The molecule has 2 aromatic rings. The van der Waals surface area contributed by atoms with E-state index >= 15 is 0 Å². The molecule has 1 heterocycles. The topological polar surface area (TPSA) is 87.7 Å². The second-order valence-electron chi connectivity index (χ2n) is 5.87. The molecule has 0 saturated carbocycles. The number of rotatable bonds is 10. The molecule has 1 aromatic heterocycles. The lowest BCUT2D eigenvalue weighted by molar-refractivity contribution is -0.0498. The zero-order valence-corrected chi connectivity index (χ0v) is 17.7. The Balaban J connectivity index is 1.83. The molecule has 11 heteroatoms. The first-order valence-corrected chi connectivity index (χ1v) is 11.2. The second-order valence-corrected chi connectivity index (χ2v) is 9.20. The number of nitrogens with one attached hydrogen (secondary N) is 2. The van der Waals surface area contributed by atoms with Gasteiger partial charge < -0.3 is 15.4 Å². The van der Waals surface area contributed by atoms with E-state index in [1.807, 2.05) is 0 Å². The van der Waals surface area contributed by atoms with Crippen LogP contribution in [0.4, 0.5) is 13.6 Å². The van der Waals surface area contributed by atoms with Gasteiger partial charge in [0.15, 0.2) is 0 Å². The number of hydrogen-bond acceptors (Lipinski definition) is 5. The third-order valence-electron chi connectivity index (χ3n) is 3.96. The highest BCUT2D eigenvalue weighted by Gasteiger charge is 2.23. The predicted molar refractivity (Wildman–Crippen MR) is 107 cm³/mol. The maximum absolute atomic E-state index is 12.5. The van der Waals surface area contributed by atoms with Gasteiger partial charge in [-0.3, -0.25) is 0 Å². The van der Waals surface area contributed by atoms with Crippen LogP contribution in [0.1, 0.15) is 24.3 Å². The summed E-state index contributed by atoms with van der Waals surface area (Å²) in [5.41, 5.74) is 0.713. The number of hydrogen-bond donors (Lipinski definition) is 2. The maximum Gasteiger partial charge on any atom is 0.387 e. The van der Waals surface area contributed by atoms with Crippen LogP contribution < -0.4 is 15.4 Å². The average molecular weight is 448 g/mol. The number of amides is 2. The van der Waals surface area contributed by atoms with E-state index in [-0.39, 0.29) is 23.0 Å². The van der Waals surface area contributed by atoms with Crippen molar-refractivity contribution in [2.75, 3.05) is 13.1 Å². The van der Waals surface area contributed by atoms with Crippen LogP contribution in [0.5, 0.6) is 5.75 Å². The first-order valence-electron chi connectivity index (χ1n) is 8.90. The van der Waals surface area contributed by atoms with Crippen molar-refractivity contribution in [2.45, 2.75) is 37.8 Å². The van der Waals surface area contributed by atoms with Gasteiger partial charge in [-0.15, -0.1) is 11.3 Å². The summed E-state index contributed by atoms with van der Waals surface area (Å²) >= 11 is 1.11. The molecule has 0 atom stereocenters. The number of benzene rings is 1. The minimum absolute atomic E-state index is 0.0429. The molecule has 0 aliphatic heterocycles. The van der Waals surface area contributed by atoms with Gasteiger partial charge in [0.25, 0.3) is 10.0 Å². The number of carbonyl (C=O) groups excluding carboxylic acids is 1. The first-order chi connectivity index (χ1) is 13.8. The quantitative estimate of drug-likeness (QED) is 0.585. The Bertz CT molecular complexity index is 898. The van der Waals surface area contributed by atoms with Crippen molar-refractivity contribution >= 4 is 27.4 Å². The van der Waals surface area contributed by atoms with Crippen LogP contribution in [-0.2, 0) is 23.1 Å². The molecule has 0 aliphatic carbocycles. The van der Waals surface area contributed by atoms with E-state index in [0.29, 0.717) is 23.5 Å². The summed E-state index contributed by atoms with van der Waals surface area (Å²) in [5, 5.41) is 5.30. The average Bonchev–Trinajstić information content (AvgIpc) is 3.16. The Morgan fingerprint density at radius 1 is 1.07 bits per heavy atom. The number of alkyl halides is 2. The van der Waals surface area contributed by atoms with Crippen LogP contribution in [0.2, 0.25) is 0 Å². The van der Waals surface area contributed by atoms with Crippen LogP contribution in [-0.4, -0.2) is 38.5 Å². The summed E-state index contributed by atoms with van der Waals surface area (Å²) in [5.74, 6) is 0.0429. The fraction of sp³-hybridized carbons (Fsp3) is 0.389. The molecular weight excluding hydrogens is 424 g/mol. The predicted octanol–water partition coefficient (Wildman–Crippen LogP) is 3.38. The fourth-order valence-corrected chi connectivity index (χ4v) is 5.39. The van der Waals surface area contributed by atoms with Gasteiger partial charge in [0.2, 0.25) is 0 Å². The lowest BCUT2D eigenvalue weighted by atomic mass is 10.2. The fourth-order valence-electron chi connectivity index (χ4n) is 2.48. The van der Waals surface area contributed by atoms with Crippen molar-refractivity contribution in [1.82, 2.24) is 14.9 Å². The molecule has 0 spiro atoms. The Labute approximate surface area is 172 Å². The smallest absolute Gasteiger partial charge is 0.387 e. The molecule has 0 saturated heterocycles. The Morgan fingerprint density at radius 3 is 2.28 bits per heavy atom. The highest BCUT2D eigenvalue weighted by molar-refractivity contribution is 7.91. The highest BCUT2D eigenvalue weighted by atomic mass is 32.2. The summed E-state index contributed by atoms with van der Waals surface area (Å²) in [4.78, 5) is 12.6. The van der Waals surface area contributed by atoms with E-state index in [2.05, 4.69) is 15.4 Å². The summed E-state index contributed by atoms with van der Waals surface area (Å²) in [6.45, 7) is 1.84. The van der Waals surface area contributed by atoms with E-state index < -0.39 is 22.7 Å². The first kappa shape index (κ1) is 23.0. The molecule has 7 nitrogen and oxygen atoms in total. The van der Waals surface area contributed by atoms with E-state index in [1.54, 1.807) is 32.0 Å². The summed E-state index contributed by atoms with van der Waals surface area (Å²) < 4.78 is 55.1. The number of nitrogens with zero attached hydrogens (tertiary/aromatic N) is 1. The van der Waals surface area contributed by atoms with Crippen LogP contribution in [0.25, 0.3) is 0 Å². The third-order valence-corrected chi connectivity index (χ3v) is 7.56. The summed E-state index contributed by atoms with van der Waals surface area (Å²) in [7, 11) is -3.51. The minimum Gasteiger partial charge on any atom is -0.435 e. The molecule has 0 radical (unpaired) electrons. The van der Waals surface area contributed by atoms with Gasteiger partial charge in [-0.2, -0.15) is 13.1 Å². The van der Waals surface area contributed by atoms with Gasteiger partial charge in [-0.25, -0.2) is 13.2 Å². The van der Waals surface area contributed by atoms with Gasteiger partial charge in [-0.05, 0) is 29.8 Å². The Hall–Kier alpha value is -2.24. The normalized spacial score (nSPS) is 11.7. The van der Waals surface area contributed by atoms with Gasteiger partial charge in [0.05, 0.1) is 6.54 Å². The molecule has 0 fully saturated rings. The highest BCUT2D eigenvalue weighted by Crippen LogP contribution is 2.24. The minimum atomic E-state index is -3.51. The molecule has 160 valence electrons. The zero-order valence-electron chi connectivity index (χ0n) is 16.0. The SMILES string of the molecule is CCN(CC)S(=O)(=O)c1ccc(CNC(=O)NCc2ccc(OC(F)F)cc2)s1. The van der Waals surface area contributed by atoms with Crippen molar-refractivity contribution < 1.29 is 26.7 Å². The Morgan fingerprint density at radius 2 is 1.69 bits per heavy atom. The van der Waals surface area contributed by atoms with Crippen LogP contribution in [0.3, 0.4) is 0 Å². The van der Waals surface area contributed by atoms with E-state index in [0.717, 1.165) is 11.3 Å². The number of urea groups is 1. The van der Waals surface area contributed by atoms with Crippen LogP contribution >= 0.6 is 11.3 Å². The third kappa shape index (κ3) is 6.65. The molecule has 0 bridgehead atoms. The number of ether oxygens (including phenoxy) is 1. The lowest BCUT2D eigenvalue weighted by Gasteiger charge is -2.16. The largest absolute Gasteiger partial charge is 0.435 e. The zero-order chi connectivity index (χ0) is 21.4. The van der Waals surface area contributed by atoms with Crippen molar-refractivity contribution in [3.63, 3.8) is 0 Å². The lowest BCUT2D eigenvalue weighted by Crippen LogP contribution is -2.34. The molecule has 0 aliphatic rings. The van der Waals surface area contributed by atoms with Crippen molar-refractivity contribution in [3.8, 4) is 5.75 Å². The monoisotopic (exact) mass is 447 g/mol. The van der Waals surface area contributed by atoms with Gasteiger partial charge in [-0.1, -0.05) is 26.0 Å². The summed E-state index contributed by atoms with van der Waals surface area (Å²) in [6.07, 6.45) is 0. The van der Waals surface area contributed by atoms with Crippen molar-refractivity contribution in [3.05, 3.63) is 46.8 Å². The molecule has 2 rings (SSSR count). The van der Waals surface area contributed by atoms with E-state index in [9.17, 15) is 22.0 Å². The number of thiophene rings is 1. The number of halogens is 2. The standard InChI is InChI=1S/C18H23F2N3O4S2/c1-3-23(4-2)29(25,26)16-10-9-15(28-16)12-22-18(24)21-11-13-5-7-14(8-6-13)27-17(19)20/h5-10,17H,3-4,11-12H2,1-2H3,(H2,21,22,24). The number of sulfonamides is 1. The molecule has 0 unspecified atom stereocenters. The van der Waals surface area contributed by atoms with Crippen LogP contribution in [0, 0.1) is 0 Å². The molecular formula is C18H23F2N3O4S2. The molecule has 29 heavy (non-hydrogen) atoms. The van der Waals surface area contributed by atoms with E-state index in [4.69, 9.17) is 0 Å².